The third-order valence-electron chi connectivity index (χ3n) is 1.93. The highest BCUT2D eigenvalue weighted by Gasteiger charge is 2.03. The second-order valence-corrected chi connectivity index (χ2v) is 3.24. The second kappa shape index (κ2) is 3.95. The lowest BCUT2D eigenvalue weighted by Crippen LogP contribution is -2.21. The highest BCUT2D eigenvalue weighted by molar-refractivity contribution is 5.24. The van der Waals surface area contributed by atoms with Gasteiger partial charge in [-0.3, -0.25) is 0 Å². The predicted octanol–water partition coefficient (Wildman–Crippen LogP) is 1.11. The molecule has 0 aliphatic heterocycles. The molecule has 0 aromatic carbocycles. The lowest BCUT2D eigenvalue weighted by molar-refractivity contribution is 0.615. The molecule has 1 unspecified atom stereocenters. The standard InChI is InChI=1S/C9H13N5/c1-8(6-14-5-4-10-7-14)13-9-11-2-3-12-9/h2-5,7-8H,6H2,1H3,(H2,11,12,13). The molecule has 5 nitrogen and oxygen atoms in total. The molecular formula is C9H13N5. The maximum absolute atomic E-state index is 4.09. The van der Waals surface area contributed by atoms with Gasteiger partial charge in [0, 0.05) is 37.4 Å². The molecule has 0 radical (unpaired) electrons. The maximum Gasteiger partial charge on any atom is 0.200 e. The molecule has 0 spiro atoms. The Morgan fingerprint density at radius 2 is 2.50 bits per heavy atom. The Balaban J connectivity index is 1.88. The van der Waals surface area contributed by atoms with Crippen molar-refractivity contribution in [1.29, 1.82) is 0 Å². The summed E-state index contributed by atoms with van der Waals surface area (Å²) in [6.45, 7) is 2.98. The van der Waals surface area contributed by atoms with Crippen molar-refractivity contribution in [1.82, 2.24) is 19.5 Å². The summed E-state index contributed by atoms with van der Waals surface area (Å²) in [6, 6.07) is 0.315. The van der Waals surface area contributed by atoms with Crippen LogP contribution in [0.1, 0.15) is 6.92 Å². The Bertz CT molecular complexity index is 314. The van der Waals surface area contributed by atoms with Crippen LogP contribution in [-0.4, -0.2) is 25.6 Å². The third kappa shape index (κ3) is 2.12. The first-order valence-corrected chi connectivity index (χ1v) is 4.56. The summed E-state index contributed by atoms with van der Waals surface area (Å²) in [5, 5.41) is 3.24. The van der Waals surface area contributed by atoms with Crippen LogP contribution < -0.4 is 5.32 Å². The SMILES string of the molecule is CC(Cn1ccnc1)Nc1ncc[nH]1. The van der Waals surface area contributed by atoms with Crippen molar-refractivity contribution in [3.8, 4) is 0 Å². The van der Waals surface area contributed by atoms with Gasteiger partial charge in [0.1, 0.15) is 0 Å². The van der Waals surface area contributed by atoms with Gasteiger partial charge in [-0.1, -0.05) is 0 Å². The summed E-state index contributed by atoms with van der Waals surface area (Å²) in [5.74, 6) is 0.803. The van der Waals surface area contributed by atoms with Crippen molar-refractivity contribution in [3.05, 3.63) is 31.1 Å². The summed E-state index contributed by atoms with van der Waals surface area (Å²) < 4.78 is 2.03. The molecule has 0 saturated carbocycles. The van der Waals surface area contributed by atoms with Gasteiger partial charge < -0.3 is 14.9 Å². The van der Waals surface area contributed by atoms with Crippen molar-refractivity contribution in [2.24, 2.45) is 0 Å². The van der Waals surface area contributed by atoms with Crippen LogP contribution in [0.25, 0.3) is 0 Å². The zero-order valence-electron chi connectivity index (χ0n) is 8.01. The number of hydrogen-bond donors (Lipinski definition) is 2. The monoisotopic (exact) mass is 191 g/mol. The average molecular weight is 191 g/mol. The van der Waals surface area contributed by atoms with Crippen molar-refractivity contribution < 1.29 is 0 Å². The summed E-state index contributed by atoms with van der Waals surface area (Å²) in [4.78, 5) is 11.1. The number of H-pyrrole nitrogens is 1. The number of nitrogens with one attached hydrogen (secondary N) is 2. The topological polar surface area (TPSA) is 58.5 Å². The van der Waals surface area contributed by atoms with Crippen LogP contribution in [0.3, 0.4) is 0 Å². The van der Waals surface area contributed by atoms with Gasteiger partial charge in [0.25, 0.3) is 0 Å². The molecule has 2 N–H and O–H groups in total. The molecule has 0 saturated heterocycles. The van der Waals surface area contributed by atoms with Gasteiger partial charge in [-0.15, -0.1) is 0 Å². The molecule has 0 amide bonds. The minimum absolute atomic E-state index is 0.315. The Morgan fingerprint density at radius 1 is 1.57 bits per heavy atom. The molecule has 0 bridgehead atoms. The van der Waals surface area contributed by atoms with Crippen molar-refractivity contribution in [2.75, 3.05) is 5.32 Å². The predicted molar refractivity (Wildman–Crippen MR) is 53.9 cm³/mol. The van der Waals surface area contributed by atoms with Crippen molar-refractivity contribution in [2.45, 2.75) is 19.5 Å². The van der Waals surface area contributed by atoms with Crippen molar-refractivity contribution in [3.63, 3.8) is 0 Å². The number of imidazole rings is 2. The fourth-order valence-corrected chi connectivity index (χ4v) is 1.33. The fourth-order valence-electron chi connectivity index (χ4n) is 1.33. The van der Waals surface area contributed by atoms with E-state index in [-0.39, 0.29) is 0 Å². The first-order chi connectivity index (χ1) is 6.84. The largest absolute Gasteiger partial charge is 0.352 e. The van der Waals surface area contributed by atoms with E-state index < -0.39 is 0 Å². The highest BCUT2D eigenvalue weighted by Crippen LogP contribution is 2.00. The summed E-state index contributed by atoms with van der Waals surface area (Å²) in [5.41, 5.74) is 0. The Morgan fingerprint density at radius 3 is 3.14 bits per heavy atom. The number of hydrogen-bond acceptors (Lipinski definition) is 3. The molecule has 2 aromatic rings. The zero-order valence-corrected chi connectivity index (χ0v) is 8.01. The lowest BCUT2D eigenvalue weighted by Gasteiger charge is -2.13. The normalized spacial score (nSPS) is 12.6. The van der Waals surface area contributed by atoms with Gasteiger partial charge in [0.15, 0.2) is 5.95 Å². The Labute approximate surface area is 82.2 Å². The van der Waals surface area contributed by atoms with Crippen LogP contribution in [0.15, 0.2) is 31.1 Å². The molecular weight excluding hydrogens is 178 g/mol. The van der Waals surface area contributed by atoms with E-state index in [1.165, 1.54) is 0 Å². The van der Waals surface area contributed by atoms with E-state index >= 15 is 0 Å². The molecule has 74 valence electrons. The van der Waals surface area contributed by atoms with Gasteiger partial charge in [-0.25, -0.2) is 9.97 Å². The molecule has 0 aliphatic carbocycles. The summed E-state index contributed by atoms with van der Waals surface area (Å²) in [7, 11) is 0. The van der Waals surface area contributed by atoms with E-state index in [9.17, 15) is 0 Å². The van der Waals surface area contributed by atoms with Gasteiger partial charge in [0.2, 0.25) is 0 Å². The van der Waals surface area contributed by atoms with Crippen molar-refractivity contribution >= 4 is 5.95 Å². The number of rotatable bonds is 4. The van der Waals surface area contributed by atoms with Crippen LogP contribution in [0, 0.1) is 0 Å². The fraction of sp³-hybridized carbons (Fsp3) is 0.333. The molecule has 2 aromatic heterocycles. The molecule has 5 heteroatoms. The smallest absolute Gasteiger partial charge is 0.200 e. The van der Waals surface area contributed by atoms with Gasteiger partial charge in [-0.05, 0) is 6.92 Å². The molecule has 0 fully saturated rings. The number of anilines is 1. The molecule has 1 atom stereocenters. The third-order valence-corrected chi connectivity index (χ3v) is 1.93. The van der Waals surface area contributed by atoms with E-state index in [0.717, 1.165) is 12.5 Å². The van der Waals surface area contributed by atoms with Crippen LogP contribution >= 0.6 is 0 Å². The molecule has 2 rings (SSSR count). The highest BCUT2D eigenvalue weighted by atomic mass is 15.1. The second-order valence-electron chi connectivity index (χ2n) is 3.24. The van der Waals surface area contributed by atoms with Gasteiger partial charge in [0.05, 0.1) is 6.33 Å². The van der Waals surface area contributed by atoms with Crippen LogP contribution in [0.4, 0.5) is 5.95 Å². The number of aromatic amines is 1. The quantitative estimate of drug-likeness (QED) is 0.761. The van der Waals surface area contributed by atoms with Gasteiger partial charge in [-0.2, -0.15) is 0 Å². The Hall–Kier alpha value is -1.78. The average Bonchev–Trinajstić information content (AvgIpc) is 2.76. The number of aromatic nitrogens is 4. The lowest BCUT2D eigenvalue weighted by atomic mass is 10.3. The minimum atomic E-state index is 0.315. The van der Waals surface area contributed by atoms with E-state index in [1.54, 1.807) is 24.9 Å². The van der Waals surface area contributed by atoms with Crippen LogP contribution in [0.2, 0.25) is 0 Å². The Kier molecular flexibility index (Phi) is 2.48. The summed E-state index contributed by atoms with van der Waals surface area (Å²) in [6.07, 6.45) is 9.05. The van der Waals surface area contributed by atoms with E-state index in [4.69, 9.17) is 0 Å². The summed E-state index contributed by atoms with van der Waals surface area (Å²) >= 11 is 0. The molecule has 0 aliphatic rings. The first kappa shape index (κ1) is 8.80. The van der Waals surface area contributed by atoms with E-state index in [1.807, 2.05) is 10.8 Å². The maximum atomic E-state index is 4.09. The van der Waals surface area contributed by atoms with E-state index in [2.05, 4.69) is 27.2 Å². The first-order valence-electron chi connectivity index (χ1n) is 4.56. The van der Waals surface area contributed by atoms with E-state index in [0.29, 0.717) is 6.04 Å². The van der Waals surface area contributed by atoms with Crippen LogP contribution in [-0.2, 0) is 6.54 Å². The zero-order chi connectivity index (χ0) is 9.80. The molecule has 14 heavy (non-hydrogen) atoms. The van der Waals surface area contributed by atoms with Crippen LogP contribution in [0.5, 0.6) is 0 Å². The van der Waals surface area contributed by atoms with Gasteiger partial charge >= 0.3 is 0 Å². The minimum Gasteiger partial charge on any atom is -0.352 e. The molecule has 2 heterocycles. The number of nitrogens with zero attached hydrogens (tertiary/aromatic N) is 3.